The number of anilines is 2. The van der Waals surface area contributed by atoms with Crippen LogP contribution in [0.3, 0.4) is 0 Å². The minimum atomic E-state index is 0.332. The fourth-order valence-corrected chi connectivity index (χ4v) is 3.32. The zero-order chi connectivity index (χ0) is 23.1. The zero-order valence-electron chi connectivity index (χ0n) is 18.4. The lowest BCUT2D eigenvalue weighted by Gasteiger charge is -2.15. The summed E-state index contributed by atoms with van der Waals surface area (Å²) in [7, 11) is 1.63. The average Bonchev–Trinajstić information content (AvgIpc) is 2.74. The first kappa shape index (κ1) is 23.4. The fraction of sp³-hybridized carbons (Fsp3) is 0.217. The van der Waals surface area contributed by atoms with E-state index in [0.717, 1.165) is 28.3 Å². The second-order valence-corrected chi connectivity index (χ2v) is 7.92. The van der Waals surface area contributed by atoms with Crippen molar-refractivity contribution in [2.24, 2.45) is 4.99 Å². The van der Waals surface area contributed by atoms with Crippen molar-refractivity contribution in [1.29, 1.82) is 0 Å². The monoisotopic (exact) mass is 468 g/mol. The summed E-state index contributed by atoms with van der Waals surface area (Å²) in [4.78, 5) is 13.5. The van der Waals surface area contributed by atoms with Gasteiger partial charge in [0, 0.05) is 11.4 Å². The van der Waals surface area contributed by atoms with E-state index in [1.54, 1.807) is 7.11 Å². The van der Waals surface area contributed by atoms with Crippen molar-refractivity contribution in [2.75, 3.05) is 17.7 Å². The number of halogens is 1. The third kappa shape index (κ3) is 6.63. The molecule has 0 aliphatic heterocycles. The maximum absolute atomic E-state index is 6.38. The van der Waals surface area contributed by atoms with E-state index in [9.17, 15) is 0 Å². The summed E-state index contributed by atoms with van der Waals surface area (Å²) in [5.74, 6) is 1.60. The Morgan fingerprint density at radius 1 is 1.03 bits per heavy atom. The smallest absolute Gasteiger partial charge is 0.229 e. The predicted octanol–water partition coefficient (Wildman–Crippen LogP) is 5.02. The number of hydrogen-bond donors (Lipinski definition) is 3. The first-order valence-corrected chi connectivity index (χ1v) is 10.7. The Kier molecular flexibility index (Phi) is 7.97. The molecule has 0 saturated carbocycles. The summed E-state index contributed by atoms with van der Waals surface area (Å²) >= 11 is 11.9. The van der Waals surface area contributed by atoms with Gasteiger partial charge in [-0.2, -0.15) is 0 Å². The Labute approximate surface area is 198 Å². The minimum Gasteiger partial charge on any atom is -0.497 e. The summed E-state index contributed by atoms with van der Waals surface area (Å²) in [6.07, 6.45) is 0. The summed E-state index contributed by atoms with van der Waals surface area (Å²) in [5, 5.41) is 10.3. The Morgan fingerprint density at radius 2 is 1.75 bits per heavy atom. The molecule has 0 aliphatic carbocycles. The third-order valence-corrected chi connectivity index (χ3v) is 5.14. The number of nitrogens with one attached hydrogen (secondary N) is 3. The van der Waals surface area contributed by atoms with Crippen molar-refractivity contribution in [2.45, 2.75) is 27.3 Å². The Balaban J connectivity index is 1.81. The van der Waals surface area contributed by atoms with Crippen LogP contribution in [-0.4, -0.2) is 28.1 Å². The van der Waals surface area contributed by atoms with Crippen molar-refractivity contribution >= 4 is 46.5 Å². The molecule has 7 nitrogen and oxygen atoms in total. The zero-order valence-corrected chi connectivity index (χ0v) is 19.9. The van der Waals surface area contributed by atoms with Crippen molar-refractivity contribution in [1.82, 2.24) is 15.3 Å². The Morgan fingerprint density at radius 3 is 2.47 bits per heavy atom. The van der Waals surface area contributed by atoms with Crippen LogP contribution < -0.4 is 20.7 Å². The van der Waals surface area contributed by atoms with Crippen LogP contribution in [0, 0.1) is 20.8 Å². The van der Waals surface area contributed by atoms with E-state index >= 15 is 0 Å². The minimum absolute atomic E-state index is 0.332. The van der Waals surface area contributed by atoms with Crippen molar-refractivity contribution in [3.63, 3.8) is 0 Å². The summed E-state index contributed by atoms with van der Waals surface area (Å²) in [6, 6.07) is 15.3. The van der Waals surface area contributed by atoms with Crippen LogP contribution in [0.5, 0.6) is 5.75 Å². The van der Waals surface area contributed by atoms with E-state index in [2.05, 4.69) is 30.9 Å². The molecule has 1 heterocycles. The summed E-state index contributed by atoms with van der Waals surface area (Å²) in [5.41, 5.74) is 4.33. The van der Waals surface area contributed by atoms with E-state index in [0.29, 0.717) is 34.3 Å². The molecule has 0 spiro atoms. The Hall–Kier alpha value is -3.23. The van der Waals surface area contributed by atoms with Gasteiger partial charge in [0.05, 0.1) is 24.4 Å². The van der Waals surface area contributed by atoms with Gasteiger partial charge in [0.15, 0.2) is 5.11 Å². The van der Waals surface area contributed by atoms with Gasteiger partial charge in [0.25, 0.3) is 0 Å². The normalized spacial score (nSPS) is 11.1. The van der Waals surface area contributed by atoms with Gasteiger partial charge >= 0.3 is 0 Å². The molecule has 0 saturated heterocycles. The number of guanidine groups is 1. The molecule has 0 fully saturated rings. The lowest BCUT2D eigenvalue weighted by molar-refractivity contribution is 0.414. The van der Waals surface area contributed by atoms with Crippen molar-refractivity contribution < 1.29 is 4.74 Å². The second-order valence-electron chi connectivity index (χ2n) is 7.13. The highest BCUT2D eigenvalue weighted by molar-refractivity contribution is 7.80. The van der Waals surface area contributed by atoms with Gasteiger partial charge in [-0.3, -0.25) is 5.32 Å². The van der Waals surface area contributed by atoms with Crippen LogP contribution in [0.25, 0.3) is 0 Å². The number of nitrogens with zero attached hydrogens (tertiary/aromatic N) is 3. The predicted molar refractivity (Wildman–Crippen MR) is 135 cm³/mol. The highest BCUT2D eigenvalue weighted by atomic mass is 35.5. The molecule has 166 valence electrons. The van der Waals surface area contributed by atoms with Crippen LogP contribution in [0.1, 0.15) is 22.5 Å². The van der Waals surface area contributed by atoms with Gasteiger partial charge in [-0.1, -0.05) is 35.9 Å². The molecule has 1 aromatic heterocycles. The average molecular weight is 469 g/mol. The van der Waals surface area contributed by atoms with E-state index in [1.165, 1.54) is 0 Å². The number of aliphatic imine (C=N–C) groups is 1. The van der Waals surface area contributed by atoms with Crippen LogP contribution in [0.2, 0.25) is 5.02 Å². The third-order valence-electron chi connectivity index (χ3n) is 4.44. The number of hydrogen-bond acceptors (Lipinski definition) is 5. The van der Waals surface area contributed by atoms with Crippen molar-refractivity contribution in [3.8, 4) is 5.75 Å². The highest BCUT2D eigenvalue weighted by Crippen LogP contribution is 2.24. The number of thiocarbonyl (C=S) groups is 1. The molecule has 2 aromatic carbocycles. The lowest BCUT2D eigenvalue weighted by atomic mass is 10.2. The second kappa shape index (κ2) is 10.9. The first-order chi connectivity index (χ1) is 15.3. The standard InChI is InChI=1S/C23H25ClN6OS/c1-14-7-5-10-19(20(14)24)28-23(32)30-21(29-22-26-15(2)11-16(3)27-22)25-13-17-8-6-9-18(12-17)31-4/h5-12H,13H2,1-4H3,(H3,25,26,27,28,29,30,32). The summed E-state index contributed by atoms with van der Waals surface area (Å²) in [6.45, 7) is 6.15. The topological polar surface area (TPSA) is 83.5 Å². The number of ether oxygens (including phenoxy) is 1. The van der Waals surface area contributed by atoms with Gasteiger partial charge < -0.3 is 15.4 Å². The number of benzene rings is 2. The number of rotatable bonds is 5. The fourth-order valence-electron chi connectivity index (χ4n) is 2.94. The molecule has 0 aliphatic rings. The molecule has 3 aromatic rings. The number of aromatic nitrogens is 2. The molecule has 0 radical (unpaired) electrons. The quantitative estimate of drug-likeness (QED) is 0.275. The van der Waals surface area contributed by atoms with Crippen LogP contribution in [0.15, 0.2) is 53.5 Å². The van der Waals surface area contributed by atoms with E-state index < -0.39 is 0 Å². The lowest BCUT2D eigenvalue weighted by Crippen LogP contribution is -2.39. The molecule has 0 atom stereocenters. The largest absolute Gasteiger partial charge is 0.497 e. The molecule has 9 heteroatoms. The maximum atomic E-state index is 6.38. The molecule has 0 amide bonds. The van der Waals surface area contributed by atoms with Crippen LogP contribution >= 0.6 is 23.8 Å². The van der Waals surface area contributed by atoms with Gasteiger partial charge in [-0.15, -0.1) is 0 Å². The number of methoxy groups -OCH3 is 1. The number of aryl methyl sites for hydroxylation is 3. The Bertz CT molecular complexity index is 1130. The molecule has 3 N–H and O–H groups in total. The van der Waals surface area contributed by atoms with Crippen molar-refractivity contribution in [3.05, 3.63) is 76.1 Å². The van der Waals surface area contributed by atoms with E-state index in [1.807, 2.05) is 69.3 Å². The SMILES string of the molecule is COc1cccc(CN=C(NC(=S)Nc2cccc(C)c2Cl)Nc2nc(C)cc(C)n2)c1. The molecule has 0 bridgehead atoms. The van der Waals surface area contributed by atoms with Crippen LogP contribution in [-0.2, 0) is 6.54 Å². The molecular weight excluding hydrogens is 444 g/mol. The maximum Gasteiger partial charge on any atom is 0.229 e. The van der Waals surface area contributed by atoms with Gasteiger partial charge in [0.2, 0.25) is 11.9 Å². The highest BCUT2D eigenvalue weighted by Gasteiger charge is 2.09. The molecule has 0 unspecified atom stereocenters. The molecule has 3 rings (SSSR count). The van der Waals surface area contributed by atoms with Gasteiger partial charge in [-0.05, 0) is 68.4 Å². The first-order valence-electron chi connectivity index (χ1n) is 9.94. The van der Waals surface area contributed by atoms with Crippen LogP contribution in [0.4, 0.5) is 11.6 Å². The van der Waals surface area contributed by atoms with E-state index in [4.69, 9.17) is 28.6 Å². The molecule has 32 heavy (non-hydrogen) atoms. The van der Waals surface area contributed by atoms with Gasteiger partial charge in [0.1, 0.15) is 5.75 Å². The molecular formula is C23H25ClN6OS. The van der Waals surface area contributed by atoms with Gasteiger partial charge in [-0.25, -0.2) is 15.0 Å². The summed E-state index contributed by atoms with van der Waals surface area (Å²) < 4.78 is 5.29. The van der Waals surface area contributed by atoms with E-state index in [-0.39, 0.29) is 0 Å².